The third-order valence-electron chi connectivity index (χ3n) is 3.45. The van der Waals surface area contributed by atoms with E-state index in [2.05, 4.69) is 4.98 Å². The van der Waals surface area contributed by atoms with Crippen molar-refractivity contribution in [2.24, 2.45) is 0 Å². The van der Waals surface area contributed by atoms with Crippen LogP contribution in [0, 0.1) is 5.82 Å². The summed E-state index contributed by atoms with van der Waals surface area (Å²) >= 11 is 1.12. The van der Waals surface area contributed by atoms with Crippen LogP contribution in [0.25, 0.3) is 21.3 Å². The summed E-state index contributed by atoms with van der Waals surface area (Å²) < 4.78 is 24.3. The Labute approximate surface area is 141 Å². The van der Waals surface area contributed by atoms with E-state index in [1.54, 1.807) is 13.0 Å². The minimum absolute atomic E-state index is 0.119. The van der Waals surface area contributed by atoms with Crippen LogP contribution in [0.5, 0.6) is 11.5 Å². The van der Waals surface area contributed by atoms with Crippen molar-refractivity contribution >= 4 is 28.1 Å². The van der Waals surface area contributed by atoms with Crippen LogP contribution in [0.3, 0.4) is 0 Å². The summed E-state index contributed by atoms with van der Waals surface area (Å²) in [6.45, 7) is 1.99. The molecule has 0 radical (unpaired) electrons. The standard InChI is InChI=1S/C17H14FNO4S/c1-3-23-17(21)14-8-19-16(24-14)9-6-10-11(18)4-5-13(22-2)15(10)12(20)7-9/h4-8,20H,3H2,1-2H3. The van der Waals surface area contributed by atoms with Crippen molar-refractivity contribution < 1.29 is 23.8 Å². The highest BCUT2D eigenvalue weighted by Crippen LogP contribution is 2.39. The fraction of sp³-hybridized carbons (Fsp3) is 0.176. The van der Waals surface area contributed by atoms with Crippen molar-refractivity contribution in [3.8, 4) is 22.1 Å². The molecular weight excluding hydrogens is 333 g/mol. The van der Waals surface area contributed by atoms with Gasteiger partial charge in [0.2, 0.25) is 0 Å². The van der Waals surface area contributed by atoms with Crippen molar-refractivity contribution in [1.29, 1.82) is 0 Å². The number of halogens is 1. The van der Waals surface area contributed by atoms with Gasteiger partial charge in [-0.1, -0.05) is 0 Å². The van der Waals surface area contributed by atoms with Crippen molar-refractivity contribution in [2.45, 2.75) is 6.92 Å². The van der Waals surface area contributed by atoms with Gasteiger partial charge in [0.25, 0.3) is 0 Å². The molecule has 2 aromatic carbocycles. The summed E-state index contributed by atoms with van der Waals surface area (Å²) in [6, 6.07) is 5.77. The molecule has 7 heteroatoms. The van der Waals surface area contributed by atoms with E-state index < -0.39 is 11.8 Å². The number of carbonyl (C=O) groups excluding carboxylic acids is 1. The van der Waals surface area contributed by atoms with Crippen LogP contribution in [-0.2, 0) is 4.74 Å². The van der Waals surface area contributed by atoms with Crippen LogP contribution in [0.15, 0.2) is 30.5 Å². The Morgan fingerprint density at radius 1 is 1.38 bits per heavy atom. The molecule has 0 aliphatic carbocycles. The summed E-state index contributed by atoms with van der Waals surface area (Å²) in [5.41, 5.74) is 0.507. The Morgan fingerprint density at radius 3 is 2.88 bits per heavy atom. The monoisotopic (exact) mass is 347 g/mol. The molecule has 0 fully saturated rings. The molecule has 0 unspecified atom stereocenters. The van der Waals surface area contributed by atoms with Crippen molar-refractivity contribution in [3.05, 3.63) is 41.2 Å². The average Bonchev–Trinajstić information content (AvgIpc) is 3.06. The van der Waals surface area contributed by atoms with Gasteiger partial charge in [-0.05, 0) is 31.2 Å². The minimum Gasteiger partial charge on any atom is -0.507 e. The van der Waals surface area contributed by atoms with Gasteiger partial charge in [-0.15, -0.1) is 11.3 Å². The first-order valence-corrected chi connectivity index (χ1v) is 7.99. The number of carbonyl (C=O) groups is 1. The van der Waals surface area contributed by atoms with Gasteiger partial charge in [-0.25, -0.2) is 14.2 Å². The van der Waals surface area contributed by atoms with Crippen LogP contribution in [0.4, 0.5) is 4.39 Å². The smallest absolute Gasteiger partial charge is 0.349 e. The lowest BCUT2D eigenvalue weighted by molar-refractivity contribution is 0.0532. The Hall–Kier alpha value is -2.67. The molecule has 124 valence electrons. The van der Waals surface area contributed by atoms with E-state index in [0.29, 0.717) is 26.6 Å². The molecule has 0 aliphatic rings. The molecule has 5 nitrogen and oxygen atoms in total. The largest absolute Gasteiger partial charge is 0.507 e. The number of thiazole rings is 1. The van der Waals surface area contributed by atoms with Crippen LogP contribution in [0.1, 0.15) is 16.6 Å². The van der Waals surface area contributed by atoms with Gasteiger partial charge >= 0.3 is 5.97 Å². The van der Waals surface area contributed by atoms with E-state index in [-0.39, 0.29) is 17.7 Å². The number of hydrogen-bond acceptors (Lipinski definition) is 6. The SMILES string of the molecule is CCOC(=O)c1cnc(-c2cc(O)c3c(OC)ccc(F)c3c2)s1. The number of phenolic OH excluding ortho intramolecular Hbond substituents is 1. The predicted molar refractivity (Wildman–Crippen MR) is 89.2 cm³/mol. The number of nitrogens with zero attached hydrogens (tertiary/aromatic N) is 1. The zero-order valence-corrected chi connectivity index (χ0v) is 13.8. The van der Waals surface area contributed by atoms with Crippen LogP contribution >= 0.6 is 11.3 Å². The van der Waals surface area contributed by atoms with E-state index in [4.69, 9.17) is 9.47 Å². The second-order valence-corrected chi connectivity index (χ2v) is 5.95. The van der Waals surface area contributed by atoms with Crippen LogP contribution in [-0.4, -0.2) is 29.8 Å². The average molecular weight is 347 g/mol. The highest BCUT2D eigenvalue weighted by Gasteiger charge is 2.17. The third-order valence-corrected chi connectivity index (χ3v) is 4.48. The number of esters is 1. The zero-order chi connectivity index (χ0) is 17.3. The zero-order valence-electron chi connectivity index (χ0n) is 13.0. The van der Waals surface area contributed by atoms with Gasteiger partial charge in [0.05, 0.1) is 25.3 Å². The summed E-state index contributed by atoms with van der Waals surface area (Å²) in [6.07, 6.45) is 1.40. The normalized spacial score (nSPS) is 10.8. The molecule has 1 aromatic heterocycles. The van der Waals surface area contributed by atoms with Crippen molar-refractivity contribution in [1.82, 2.24) is 4.98 Å². The van der Waals surface area contributed by atoms with E-state index in [0.717, 1.165) is 11.3 Å². The number of phenols is 1. The van der Waals surface area contributed by atoms with Crippen LogP contribution < -0.4 is 4.74 Å². The molecule has 0 bridgehead atoms. The summed E-state index contributed by atoms with van der Waals surface area (Å²) in [5, 5.41) is 11.3. The maximum Gasteiger partial charge on any atom is 0.349 e. The van der Waals surface area contributed by atoms with E-state index in [1.165, 1.54) is 31.5 Å². The molecular formula is C17H14FNO4S. The summed E-state index contributed by atoms with van der Waals surface area (Å²) in [5.74, 6) is -0.683. The Kier molecular flexibility index (Phi) is 4.35. The lowest BCUT2D eigenvalue weighted by Gasteiger charge is -2.09. The first kappa shape index (κ1) is 16.2. The Morgan fingerprint density at radius 2 is 2.17 bits per heavy atom. The molecule has 0 saturated carbocycles. The Bertz CT molecular complexity index is 922. The maximum atomic E-state index is 14.2. The molecule has 3 rings (SSSR count). The molecule has 24 heavy (non-hydrogen) atoms. The molecule has 0 saturated heterocycles. The third kappa shape index (κ3) is 2.78. The van der Waals surface area contributed by atoms with Gasteiger partial charge in [0, 0.05) is 10.9 Å². The highest BCUT2D eigenvalue weighted by molar-refractivity contribution is 7.16. The second-order valence-electron chi connectivity index (χ2n) is 4.92. The quantitative estimate of drug-likeness (QED) is 0.723. The highest BCUT2D eigenvalue weighted by atomic mass is 32.1. The first-order chi connectivity index (χ1) is 11.5. The summed E-state index contributed by atoms with van der Waals surface area (Å²) in [7, 11) is 1.45. The maximum absolute atomic E-state index is 14.2. The molecule has 0 amide bonds. The van der Waals surface area contributed by atoms with Gasteiger partial charge in [-0.2, -0.15) is 0 Å². The molecule has 1 N–H and O–H groups in total. The molecule has 1 heterocycles. The summed E-state index contributed by atoms with van der Waals surface area (Å²) in [4.78, 5) is 16.2. The number of rotatable bonds is 4. The van der Waals surface area contributed by atoms with Crippen LogP contribution in [0.2, 0.25) is 0 Å². The van der Waals surface area contributed by atoms with Crippen molar-refractivity contribution in [2.75, 3.05) is 13.7 Å². The fourth-order valence-electron chi connectivity index (χ4n) is 2.39. The minimum atomic E-state index is -0.481. The Balaban J connectivity index is 2.11. The number of aromatic hydroxyl groups is 1. The van der Waals surface area contributed by atoms with Gasteiger partial charge in [0.1, 0.15) is 27.2 Å². The number of benzene rings is 2. The van der Waals surface area contributed by atoms with Gasteiger partial charge in [-0.3, -0.25) is 0 Å². The van der Waals surface area contributed by atoms with E-state index in [1.807, 2.05) is 0 Å². The molecule has 0 atom stereocenters. The fourth-order valence-corrected chi connectivity index (χ4v) is 3.19. The van der Waals surface area contributed by atoms with Gasteiger partial charge in [0.15, 0.2) is 0 Å². The van der Waals surface area contributed by atoms with Crippen molar-refractivity contribution in [3.63, 3.8) is 0 Å². The van der Waals surface area contributed by atoms with E-state index >= 15 is 0 Å². The first-order valence-electron chi connectivity index (χ1n) is 7.17. The molecule has 0 aliphatic heterocycles. The number of ether oxygens (including phenoxy) is 2. The number of aromatic nitrogens is 1. The van der Waals surface area contributed by atoms with Gasteiger partial charge < -0.3 is 14.6 Å². The second kappa shape index (κ2) is 6.45. The van der Waals surface area contributed by atoms with E-state index in [9.17, 15) is 14.3 Å². The molecule has 0 spiro atoms. The number of methoxy groups -OCH3 is 1. The predicted octanol–water partition coefficient (Wildman–Crippen LogP) is 3.99. The lowest BCUT2D eigenvalue weighted by atomic mass is 10.0. The number of hydrogen-bond donors (Lipinski definition) is 1. The number of fused-ring (bicyclic) bond motifs is 1. The topological polar surface area (TPSA) is 68.7 Å². The molecule has 3 aromatic rings. The lowest BCUT2D eigenvalue weighted by Crippen LogP contribution is -2.01.